The van der Waals surface area contributed by atoms with Gasteiger partial charge in [0.1, 0.15) is 0 Å². The highest BCUT2D eigenvalue weighted by Gasteiger charge is 2.07. The van der Waals surface area contributed by atoms with E-state index in [1.807, 2.05) is 25.1 Å². The van der Waals surface area contributed by atoms with Crippen LogP contribution in [0.4, 0.5) is 0 Å². The Hall–Kier alpha value is -0.820. The van der Waals surface area contributed by atoms with Gasteiger partial charge in [0, 0.05) is 17.0 Å². The second-order valence-corrected chi connectivity index (χ2v) is 8.49. The highest BCUT2D eigenvalue weighted by atomic mass is 35.5. The summed E-state index contributed by atoms with van der Waals surface area (Å²) in [5, 5.41) is 0.735. The molecule has 0 aromatic heterocycles. The highest BCUT2D eigenvalue weighted by molar-refractivity contribution is 6.31. The van der Waals surface area contributed by atoms with Crippen LogP contribution in [0.15, 0.2) is 18.2 Å². The summed E-state index contributed by atoms with van der Waals surface area (Å²) in [5.41, 5.74) is 1.79. The average Bonchev–Trinajstić information content (AvgIpc) is 2.66. The number of aryl methyl sites for hydroxylation is 1. The molecule has 154 valence electrons. The molecule has 0 N–H and O–H groups in total. The Kier molecular flexibility index (Phi) is 14.5. The van der Waals surface area contributed by atoms with Crippen molar-refractivity contribution in [1.82, 2.24) is 0 Å². The summed E-state index contributed by atoms with van der Waals surface area (Å²) >= 11 is 6.02. The van der Waals surface area contributed by atoms with Crippen molar-refractivity contribution in [1.29, 1.82) is 0 Å². The van der Waals surface area contributed by atoms with Crippen molar-refractivity contribution >= 4 is 17.4 Å². The van der Waals surface area contributed by atoms with Crippen molar-refractivity contribution in [3.8, 4) is 0 Å². The Balaban J connectivity index is 1.87. The van der Waals surface area contributed by atoms with E-state index < -0.39 is 0 Å². The molecule has 1 aromatic carbocycles. The second kappa shape index (κ2) is 16.2. The number of unbranched alkanes of at least 4 members (excludes halogenated alkanes) is 14. The standard InChI is InChI=1S/C25H41ClO/c1-3-4-5-6-7-8-9-10-11-12-13-14-15-16-17-18-25(27)23-19-20-24(26)22(2)21-23/h19-21H,3-18H2,1-2H3. The summed E-state index contributed by atoms with van der Waals surface area (Å²) in [7, 11) is 0. The number of benzene rings is 1. The van der Waals surface area contributed by atoms with Crippen molar-refractivity contribution in [2.24, 2.45) is 0 Å². The molecule has 1 rings (SSSR count). The van der Waals surface area contributed by atoms with E-state index in [-0.39, 0.29) is 5.78 Å². The van der Waals surface area contributed by atoms with Gasteiger partial charge in [0.05, 0.1) is 0 Å². The van der Waals surface area contributed by atoms with Crippen molar-refractivity contribution in [3.63, 3.8) is 0 Å². The molecule has 0 fully saturated rings. The fourth-order valence-corrected chi connectivity index (χ4v) is 3.74. The predicted molar refractivity (Wildman–Crippen MR) is 120 cm³/mol. The van der Waals surface area contributed by atoms with E-state index in [4.69, 9.17) is 11.6 Å². The van der Waals surface area contributed by atoms with Crippen LogP contribution in [0.5, 0.6) is 0 Å². The molecule has 1 aromatic rings. The second-order valence-electron chi connectivity index (χ2n) is 8.09. The summed E-state index contributed by atoms with van der Waals surface area (Å²) in [6.45, 7) is 4.23. The molecule has 0 amide bonds. The number of Topliss-reactive ketones (excluding diaryl/α,β-unsaturated/α-hetero) is 1. The highest BCUT2D eigenvalue weighted by Crippen LogP contribution is 2.18. The third-order valence-electron chi connectivity index (χ3n) is 5.49. The van der Waals surface area contributed by atoms with Crippen molar-refractivity contribution in [3.05, 3.63) is 34.3 Å². The minimum absolute atomic E-state index is 0.254. The summed E-state index contributed by atoms with van der Waals surface area (Å²) in [5.74, 6) is 0.254. The molecule has 0 aliphatic carbocycles. The first-order valence-electron chi connectivity index (χ1n) is 11.4. The molecule has 0 heterocycles. The quantitative estimate of drug-likeness (QED) is 0.191. The molecule has 2 heteroatoms. The van der Waals surface area contributed by atoms with Gasteiger partial charge in [0.15, 0.2) is 5.78 Å². The lowest BCUT2D eigenvalue weighted by molar-refractivity contribution is 0.0979. The average molecular weight is 393 g/mol. The van der Waals surface area contributed by atoms with Gasteiger partial charge in [-0.3, -0.25) is 4.79 Å². The van der Waals surface area contributed by atoms with Gasteiger partial charge >= 0.3 is 0 Å². The molecule has 0 saturated carbocycles. The van der Waals surface area contributed by atoms with Crippen molar-refractivity contribution in [2.75, 3.05) is 0 Å². The Morgan fingerprint density at radius 1 is 0.741 bits per heavy atom. The fourth-order valence-electron chi connectivity index (χ4n) is 3.62. The Morgan fingerprint density at radius 3 is 1.63 bits per heavy atom. The monoisotopic (exact) mass is 392 g/mol. The maximum Gasteiger partial charge on any atom is 0.162 e. The smallest absolute Gasteiger partial charge is 0.162 e. The largest absolute Gasteiger partial charge is 0.294 e. The van der Waals surface area contributed by atoms with Gasteiger partial charge in [0.2, 0.25) is 0 Å². The van der Waals surface area contributed by atoms with Crippen LogP contribution in [0.2, 0.25) is 5.02 Å². The zero-order valence-electron chi connectivity index (χ0n) is 17.8. The Bertz CT molecular complexity index is 509. The lowest BCUT2D eigenvalue weighted by Gasteiger charge is -2.05. The van der Waals surface area contributed by atoms with Crippen LogP contribution in [-0.2, 0) is 0 Å². The normalized spacial score (nSPS) is 11.1. The van der Waals surface area contributed by atoms with E-state index in [9.17, 15) is 4.79 Å². The molecule has 0 aliphatic rings. The molecular formula is C25H41ClO. The van der Waals surface area contributed by atoms with E-state index in [2.05, 4.69) is 6.92 Å². The SMILES string of the molecule is CCCCCCCCCCCCCCCCCC(=O)c1ccc(Cl)c(C)c1. The van der Waals surface area contributed by atoms with Gasteiger partial charge in [0.25, 0.3) is 0 Å². The molecular weight excluding hydrogens is 352 g/mol. The topological polar surface area (TPSA) is 17.1 Å². The molecule has 0 radical (unpaired) electrons. The molecule has 0 aliphatic heterocycles. The van der Waals surface area contributed by atoms with Gasteiger partial charge < -0.3 is 0 Å². The van der Waals surface area contributed by atoms with E-state index in [1.54, 1.807) is 0 Å². The lowest BCUT2D eigenvalue weighted by Crippen LogP contribution is -1.99. The van der Waals surface area contributed by atoms with E-state index in [0.717, 1.165) is 22.6 Å². The maximum absolute atomic E-state index is 12.2. The molecule has 0 saturated heterocycles. The summed E-state index contributed by atoms with van der Waals surface area (Å²) in [6.07, 6.45) is 21.0. The van der Waals surface area contributed by atoms with E-state index in [0.29, 0.717) is 6.42 Å². The summed E-state index contributed by atoms with van der Waals surface area (Å²) < 4.78 is 0. The van der Waals surface area contributed by atoms with Crippen LogP contribution >= 0.6 is 11.6 Å². The number of hydrogen-bond donors (Lipinski definition) is 0. The fraction of sp³-hybridized carbons (Fsp3) is 0.720. The zero-order chi connectivity index (χ0) is 19.7. The zero-order valence-corrected chi connectivity index (χ0v) is 18.6. The number of hydrogen-bond acceptors (Lipinski definition) is 1. The van der Waals surface area contributed by atoms with Crippen molar-refractivity contribution < 1.29 is 4.79 Å². The number of carbonyl (C=O) groups excluding carboxylic acids is 1. The van der Waals surface area contributed by atoms with Gasteiger partial charge in [-0.15, -0.1) is 0 Å². The van der Waals surface area contributed by atoms with Crippen LogP contribution in [-0.4, -0.2) is 5.78 Å². The molecule has 0 unspecified atom stereocenters. The first-order valence-corrected chi connectivity index (χ1v) is 11.8. The van der Waals surface area contributed by atoms with Gasteiger partial charge in [-0.05, 0) is 37.1 Å². The van der Waals surface area contributed by atoms with Gasteiger partial charge in [-0.2, -0.15) is 0 Å². The third-order valence-corrected chi connectivity index (χ3v) is 5.91. The van der Waals surface area contributed by atoms with Gasteiger partial charge in [-0.25, -0.2) is 0 Å². The summed E-state index contributed by atoms with van der Waals surface area (Å²) in [6, 6.07) is 5.59. The first-order chi connectivity index (χ1) is 13.1. The first kappa shape index (κ1) is 24.2. The minimum atomic E-state index is 0.254. The van der Waals surface area contributed by atoms with Gasteiger partial charge in [-0.1, -0.05) is 108 Å². The molecule has 27 heavy (non-hydrogen) atoms. The van der Waals surface area contributed by atoms with Crippen LogP contribution in [0.25, 0.3) is 0 Å². The molecule has 0 atom stereocenters. The van der Waals surface area contributed by atoms with Crippen LogP contribution in [0, 0.1) is 6.92 Å². The number of rotatable bonds is 17. The Labute approximate surface area is 173 Å². The van der Waals surface area contributed by atoms with Crippen LogP contribution in [0.1, 0.15) is 126 Å². The minimum Gasteiger partial charge on any atom is -0.294 e. The van der Waals surface area contributed by atoms with E-state index >= 15 is 0 Å². The molecule has 0 spiro atoms. The molecule has 1 nitrogen and oxygen atoms in total. The number of halogens is 1. The van der Waals surface area contributed by atoms with Crippen LogP contribution in [0.3, 0.4) is 0 Å². The number of ketones is 1. The van der Waals surface area contributed by atoms with E-state index in [1.165, 1.54) is 89.9 Å². The predicted octanol–water partition coefficient (Wildman–Crippen LogP) is 9.09. The number of carbonyl (C=O) groups is 1. The lowest BCUT2D eigenvalue weighted by atomic mass is 10.0. The Morgan fingerprint density at radius 2 is 1.19 bits per heavy atom. The maximum atomic E-state index is 12.2. The van der Waals surface area contributed by atoms with Crippen LogP contribution < -0.4 is 0 Å². The van der Waals surface area contributed by atoms with Crippen molar-refractivity contribution in [2.45, 2.75) is 117 Å². The third kappa shape index (κ3) is 12.3. The molecule has 0 bridgehead atoms. The summed E-state index contributed by atoms with van der Waals surface area (Å²) in [4.78, 5) is 12.2.